The van der Waals surface area contributed by atoms with Gasteiger partial charge in [-0.1, -0.05) is 45.0 Å². The molecular formula is C17H18N2OS2. The molecule has 0 aliphatic rings. The molecule has 0 saturated carbocycles. The van der Waals surface area contributed by atoms with Crippen LogP contribution >= 0.6 is 23.6 Å². The molecule has 1 aromatic carbocycles. The van der Waals surface area contributed by atoms with Gasteiger partial charge in [-0.15, -0.1) is 11.3 Å². The van der Waals surface area contributed by atoms with Crippen molar-refractivity contribution in [2.45, 2.75) is 33.1 Å². The summed E-state index contributed by atoms with van der Waals surface area (Å²) in [4.78, 5) is 20.0. The van der Waals surface area contributed by atoms with E-state index in [1.807, 2.05) is 6.92 Å². The number of aromatic amines is 2. The molecule has 0 unspecified atom stereocenters. The minimum absolute atomic E-state index is 0.118. The van der Waals surface area contributed by atoms with Crippen molar-refractivity contribution in [2.24, 2.45) is 0 Å². The van der Waals surface area contributed by atoms with E-state index in [9.17, 15) is 4.79 Å². The first-order valence-electron chi connectivity index (χ1n) is 7.14. The van der Waals surface area contributed by atoms with Crippen LogP contribution in [0.1, 0.15) is 31.2 Å². The van der Waals surface area contributed by atoms with E-state index in [4.69, 9.17) is 12.2 Å². The Bertz CT molecular complexity index is 953. The Morgan fingerprint density at radius 3 is 2.32 bits per heavy atom. The first kappa shape index (κ1) is 15.2. The Labute approximate surface area is 138 Å². The number of fused-ring (bicyclic) bond motifs is 1. The van der Waals surface area contributed by atoms with Crippen LogP contribution in [0.3, 0.4) is 0 Å². The predicted molar refractivity (Wildman–Crippen MR) is 96.5 cm³/mol. The molecule has 2 heterocycles. The van der Waals surface area contributed by atoms with Gasteiger partial charge < -0.3 is 4.98 Å². The van der Waals surface area contributed by atoms with Crippen LogP contribution in [0.25, 0.3) is 21.3 Å². The number of aryl methyl sites for hydroxylation is 1. The summed E-state index contributed by atoms with van der Waals surface area (Å²) in [6.07, 6.45) is 0. The van der Waals surface area contributed by atoms with Crippen molar-refractivity contribution in [1.82, 2.24) is 9.97 Å². The van der Waals surface area contributed by atoms with Crippen LogP contribution in [0.2, 0.25) is 0 Å². The molecule has 3 aromatic rings. The number of H-pyrrole nitrogens is 2. The smallest absolute Gasteiger partial charge is 0.261 e. The van der Waals surface area contributed by atoms with Crippen molar-refractivity contribution in [2.75, 3.05) is 0 Å². The molecule has 0 radical (unpaired) electrons. The van der Waals surface area contributed by atoms with E-state index in [-0.39, 0.29) is 11.0 Å². The SMILES string of the molecule is Cc1sc2[nH]c(=S)[nH]c(=O)c2c1-c1ccc(C(C)(C)C)cc1. The third-order valence-corrected chi connectivity index (χ3v) is 5.03. The molecule has 0 fully saturated rings. The quantitative estimate of drug-likeness (QED) is 0.622. The van der Waals surface area contributed by atoms with Crippen LogP contribution in [0.5, 0.6) is 0 Å². The summed E-state index contributed by atoms with van der Waals surface area (Å²) < 4.78 is 0.369. The van der Waals surface area contributed by atoms with Gasteiger partial charge in [-0.3, -0.25) is 9.78 Å². The molecule has 0 aliphatic carbocycles. The molecule has 0 atom stereocenters. The maximum atomic E-state index is 12.3. The fourth-order valence-electron chi connectivity index (χ4n) is 2.63. The normalized spacial score (nSPS) is 12.0. The second-order valence-corrected chi connectivity index (χ2v) is 8.11. The fourth-order valence-corrected chi connectivity index (χ4v) is 3.97. The Morgan fingerprint density at radius 1 is 1.09 bits per heavy atom. The molecule has 5 heteroatoms. The van der Waals surface area contributed by atoms with Crippen molar-refractivity contribution in [1.29, 1.82) is 0 Å². The Balaban J connectivity index is 2.25. The lowest BCUT2D eigenvalue weighted by Gasteiger charge is -2.19. The summed E-state index contributed by atoms with van der Waals surface area (Å²) in [5.74, 6) is 0. The van der Waals surface area contributed by atoms with Gasteiger partial charge in [0.2, 0.25) is 0 Å². The Morgan fingerprint density at radius 2 is 1.73 bits per heavy atom. The van der Waals surface area contributed by atoms with Crippen molar-refractivity contribution in [3.63, 3.8) is 0 Å². The highest BCUT2D eigenvalue weighted by molar-refractivity contribution is 7.71. The minimum atomic E-state index is -0.127. The van der Waals surface area contributed by atoms with E-state index in [1.54, 1.807) is 11.3 Å². The zero-order valence-corrected chi connectivity index (χ0v) is 14.7. The van der Waals surface area contributed by atoms with Crippen LogP contribution in [-0.2, 0) is 5.41 Å². The second-order valence-electron chi connectivity index (χ2n) is 6.47. The molecule has 22 heavy (non-hydrogen) atoms. The van der Waals surface area contributed by atoms with Gasteiger partial charge in [-0.2, -0.15) is 0 Å². The van der Waals surface area contributed by atoms with Crippen molar-refractivity contribution in [3.8, 4) is 11.1 Å². The van der Waals surface area contributed by atoms with Crippen LogP contribution in [0.15, 0.2) is 29.1 Å². The zero-order chi connectivity index (χ0) is 16.1. The van der Waals surface area contributed by atoms with E-state index in [1.165, 1.54) is 5.56 Å². The third-order valence-electron chi connectivity index (χ3n) is 3.81. The lowest BCUT2D eigenvalue weighted by atomic mass is 9.86. The predicted octanol–water partition coefficient (Wildman–Crippen LogP) is 4.92. The Hall–Kier alpha value is -1.72. The lowest BCUT2D eigenvalue weighted by molar-refractivity contribution is 0.590. The largest absolute Gasteiger partial charge is 0.323 e. The highest BCUT2D eigenvalue weighted by atomic mass is 32.1. The number of nitrogens with one attached hydrogen (secondary N) is 2. The molecule has 2 aromatic heterocycles. The van der Waals surface area contributed by atoms with E-state index in [0.717, 1.165) is 20.8 Å². The molecule has 0 bridgehead atoms. The maximum absolute atomic E-state index is 12.3. The summed E-state index contributed by atoms with van der Waals surface area (Å²) in [7, 11) is 0. The fraction of sp³-hybridized carbons (Fsp3) is 0.294. The van der Waals surface area contributed by atoms with Gasteiger partial charge in [0, 0.05) is 10.4 Å². The van der Waals surface area contributed by atoms with Gasteiger partial charge in [0.05, 0.1) is 5.39 Å². The lowest BCUT2D eigenvalue weighted by Crippen LogP contribution is -2.10. The summed E-state index contributed by atoms with van der Waals surface area (Å²) in [6.45, 7) is 8.61. The second kappa shape index (κ2) is 5.18. The molecule has 0 aliphatic heterocycles. The van der Waals surface area contributed by atoms with Crippen molar-refractivity contribution < 1.29 is 0 Å². The van der Waals surface area contributed by atoms with Gasteiger partial charge in [-0.05, 0) is 35.7 Å². The first-order chi connectivity index (χ1) is 10.3. The molecule has 0 spiro atoms. The van der Waals surface area contributed by atoms with Crippen LogP contribution < -0.4 is 5.56 Å². The zero-order valence-electron chi connectivity index (χ0n) is 13.0. The number of hydrogen-bond acceptors (Lipinski definition) is 3. The summed E-state index contributed by atoms with van der Waals surface area (Å²) in [6, 6.07) is 8.46. The molecule has 3 rings (SSSR count). The van der Waals surface area contributed by atoms with Gasteiger partial charge in [0.15, 0.2) is 4.77 Å². The molecule has 2 N–H and O–H groups in total. The van der Waals surface area contributed by atoms with Crippen molar-refractivity contribution >= 4 is 33.8 Å². The number of rotatable bonds is 1. The van der Waals surface area contributed by atoms with E-state index < -0.39 is 0 Å². The molecule has 3 nitrogen and oxygen atoms in total. The topological polar surface area (TPSA) is 48.6 Å². The minimum Gasteiger partial charge on any atom is -0.323 e. The summed E-state index contributed by atoms with van der Waals surface area (Å²) in [5, 5.41) is 0.694. The number of benzene rings is 1. The van der Waals surface area contributed by atoms with Gasteiger partial charge >= 0.3 is 0 Å². The van der Waals surface area contributed by atoms with E-state index in [0.29, 0.717) is 10.2 Å². The van der Waals surface area contributed by atoms with Crippen LogP contribution in [-0.4, -0.2) is 9.97 Å². The summed E-state index contributed by atoms with van der Waals surface area (Å²) >= 11 is 6.62. The highest BCUT2D eigenvalue weighted by Crippen LogP contribution is 2.36. The Kier molecular flexibility index (Phi) is 3.57. The average molecular weight is 330 g/mol. The number of aromatic nitrogens is 2. The average Bonchev–Trinajstić information content (AvgIpc) is 2.74. The first-order valence-corrected chi connectivity index (χ1v) is 8.36. The van der Waals surface area contributed by atoms with E-state index >= 15 is 0 Å². The molecule has 114 valence electrons. The van der Waals surface area contributed by atoms with Crippen molar-refractivity contribution in [3.05, 3.63) is 49.8 Å². The van der Waals surface area contributed by atoms with E-state index in [2.05, 4.69) is 55.0 Å². The monoisotopic (exact) mass is 330 g/mol. The van der Waals surface area contributed by atoms with Crippen LogP contribution in [0.4, 0.5) is 0 Å². The van der Waals surface area contributed by atoms with Gasteiger partial charge in [0.1, 0.15) is 4.83 Å². The number of hydrogen-bond donors (Lipinski definition) is 2. The third kappa shape index (κ3) is 2.55. The molecule has 0 amide bonds. The number of thiophene rings is 1. The van der Waals surface area contributed by atoms with Gasteiger partial charge in [-0.25, -0.2) is 0 Å². The molecular weight excluding hydrogens is 312 g/mol. The van der Waals surface area contributed by atoms with Gasteiger partial charge in [0.25, 0.3) is 5.56 Å². The van der Waals surface area contributed by atoms with Crippen LogP contribution in [0, 0.1) is 11.7 Å². The maximum Gasteiger partial charge on any atom is 0.261 e. The molecule has 0 saturated heterocycles. The standard InChI is InChI=1S/C17H18N2OS2/c1-9-12(10-5-7-11(8-6-10)17(2,3)4)13-14(20)18-16(21)19-15(13)22-9/h5-8H,1-4H3,(H2,18,19,20,21). The summed E-state index contributed by atoms with van der Waals surface area (Å²) in [5.41, 5.74) is 3.33. The highest BCUT2D eigenvalue weighted by Gasteiger charge is 2.17.